The molecule has 0 atom stereocenters. The molecule has 0 bridgehead atoms. The number of Topliss-reactive ketones (excluding diaryl/α,β-unsaturated/α-hetero) is 1. The highest BCUT2D eigenvalue weighted by molar-refractivity contribution is 6.33. The molecule has 0 fully saturated rings. The van der Waals surface area contributed by atoms with Gasteiger partial charge in [0.2, 0.25) is 5.95 Å². The molecule has 0 spiro atoms. The monoisotopic (exact) mass is 486 g/mol. The molecule has 0 unspecified atom stereocenters. The molecule has 2 aromatic heterocycles. The quantitative estimate of drug-likeness (QED) is 0.350. The second kappa shape index (κ2) is 12.3. The molecule has 10 heteroatoms. The van der Waals surface area contributed by atoms with Gasteiger partial charge >= 0.3 is 0 Å². The molecule has 3 rings (SSSR count). The van der Waals surface area contributed by atoms with Crippen molar-refractivity contribution in [1.82, 2.24) is 24.6 Å². The highest BCUT2D eigenvalue weighted by Gasteiger charge is 2.14. The Bertz CT molecular complexity index is 1080. The third kappa shape index (κ3) is 6.68. The van der Waals surface area contributed by atoms with Crippen LogP contribution in [0.3, 0.4) is 0 Å². The van der Waals surface area contributed by atoms with E-state index in [1.807, 2.05) is 17.8 Å². The van der Waals surface area contributed by atoms with Gasteiger partial charge in [-0.25, -0.2) is 9.97 Å². The number of ether oxygens (including phenoxy) is 2. The van der Waals surface area contributed by atoms with E-state index in [9.17, 15) is 4.79 Å². The maximum Gasteiger partial charge on any atom is 0.227 e. The van der Waals surface area contributed by atoms with Crippen LogP contribution in [-0.2, 0) is 13.2 Å². The second-order valence-electron chi connectivity index (χ2n) is 7.60. The predicted octanol–water partition coefficient (Wildman–Crippen LogP) is 4.59. The zero-order valence-corrected chi connectivity index (χ0v) is 20.8. The molecule has 0 saturated carbocycles. The minimum atomic E-state index is 0.00588. The molecule has 3 aromatic rings. The van der Waals surface area contributed by atoms with Crippen molar-refractivity contribution in [1.29, 1.82) is 0 Å². The normalized spacial score (nSPS) is 11.0. The Morgan fingerprint density at radius 1 is 1.15 bits per heavy atom. The molecule has 0 saturated heterocycles. The van der Waals surface area contributed by atoms with Gasteiger partial charge in [-0.3, -0.25) is 9.48 Å². The topological polar surface area (TPSA) is 94.4 Å². The van der Waals surface area contributed by atoms with Crippen LogP contribution in [0.4, 0.5) is 11.6 Å². The zero-order chi connectivity index (χ0) is 24.5. The van der Waals surface area contributed by atoms with Crippen molar-refractivity contribution in [2.24, 2.45) is 0 Å². The summed E-state index contributed by atoms with van der Waals surface area (Å²) < 4.78 is 13.0. The smallest absolute Gasteiger partial charge is 0.227 e. The molecule has 1 N–H and O–H groups in total. The van der Waals surface area contributed by atoms with Crippen LogP contribution in [0.15, 0.2) is 36.9 Å². The summed E-state index contributed by atoms with van der Waals surface area (Å²) in [6, 6.07) is 3.37. The lowest BCUT2D eigenvalue weighted by atomic mass is 10.1. The number of halogens is 1. The lowest BCUT2D eigenvalue weighted by Gasteiger charge is -2.17. The first-order chi connectivity index (χ1) is 16.5. The minimum Gasteiger partial charge on any atom is -0.495 e. The number of ketones is 1. The van der Waals surface area contributed by atoms with Crippen LogP contribution in [0.1, 0.15) is 43.1 Å². The Balaban J connectivity index is 1.59. The summed E-state index contributed by atoms with van der Waals surface area (Å²) in [5.74, 6) is 1.35. The predicted molar refractivity (Wildman–Crippen MR) is 132 cm³/mol. The van der Waals surface area contributed by atoms with E-state index >= 15 is 0 Å². The third-order valence-electron chi connectivity index (χ3n) is 5.43. The number of rotatable bonds is 13. The van der Waals surface area contributed by atoms with Gasteiger partial charge in [-0.1, -0.05) is 32.4 Å². The fourth-order valence-electron chi connectivity index (χ4n) is 3.35. The first-order valence-corrected chi connectivity index (χ1v) is 11.7. The van der Waals surface area contributed by atoms with Crippen molar-refractivity contribution in [3.63, 3.8) is 0 Å². The van der Waals surface area contributed by atoms with Crippen molar-refractivity contribution in [3.8, 4) is 11.5 Å². The number of likely N-dealkylation sites (N-methyl/N-ethyl adjacent to an activating group) is 1. The number of carbonyl (C=O) groups excluding carboxylic acids is 1. The van der Waals surface area contributed by atoms with Gasteiger partial charge in [0.05, 0.1) is 43.0 Å². The lowest BCUT2D eigenvalue weighted by Crippen LogP contribution is -2.27. The molecular formula is C24H31ClN6O3. The summed E-state index contributed by atoms with van der Waals surface area (Å²) in [6.45, 7) is 10.1. The molecule has 2 heterocycles. The SMILES string of the molecule is CCC(=O)c1cc(COc2cnc(Nc3cnn(CCN(CC)CC)c3)nc2)c(Cl)c(OC)c1. The number of carbonyl (C=O) groups is 1. The molecule has 34 heavy (non-hydrogen) atoms. The number of nitrogens with zero attached hydrogens (tertiary/aromatic N) is 5. The fourth-order valence-corrected chi connectivity index (χ4v) is 3.59. The Labute approximate surface area is 205 Å². The van der Waals surface area contributed by atoms with E-state index in [2.05, 4.69) is 39.1 Å². The second-order valence-corrected chi connectivity index (χ2v) is 7.98. The van der Waals surface area contributed by atoms with E-state index in [0.717, 1.165) is 31.9 Å². The number of nitrogens with one attached hydrogen (secondary N) is 1. The van der Waals surface area contributed by atoms with Crippen molar-refractivity contribution in [2.45, 2.75) is 40.3 Å². The number of hydrogen-bond donors (Lipinski definition) is 1. The van der Waals surface area contributed by atoms with Crippen LogP contribution in [0.2, 0.25) is 5.02 Å². The molecule has 9 nitrogen and oxygen atoms in total. The van der Waals surface area contributed by atoms with Crippen molar-refractivity contribution in [2.75, 3.05) is 32.1 Å². The van der Waals surface area contributed by atoms with Gasteiger partial charge in [0.1, 0.15) is 12.4 Å². The minimum absolute atomic E-state index is 0.00588. The molecular weight excluding hydrogens is 456 g/mol. The van der Waals surface area contributed by atoms with E-state index < -0.39 is 0 Å². The Hall–Kier alpha value is -3.17. The van der Waals surface area contributed by atoms with Gasteiger partial charge in [-0.05, 0) is 25.2 Å². The maximum atomic E-state index is 12.1. The number of hydrogen-bond acceptors (Lipinski definition) is 8. The molecule has 0 radical (unpaired) electrons. The molecule has 0 aliphatic heterocycles. The Morgan fingerprint density at radius 2 is 1.88 bits per heavy atom. The average Bonchev–Trinajstić information content (AvgIpc) is 3.31. The van der Waals surface area contributed by atoms with E-state index in [1.54, 1.807) is 30.7 Å². The molecule has 0 aliphatic carbocycles. The first-order valence-electron chi connectivity index (χ1n) is 11.3. The summed E-state index contributed by atoms with van der Waals surface area (Å²) in [4.78, 5) is 23.1. The summed E-state index contributed by atoms with van der Waals surface area (Å²) >= 11 is 6.40. The van der Waals surface area contributed by atoms with Crippen molar-refractivity contribution < 1.29 is 14.3 Å². The fraction of sp³-hybridized carbons (Fsp3) is 0.417. The van der Waals surface area contributed by atoms with E-state index in [0.29, 0.717) is 40.0 Å². The van der Waals surface area contributed by atoms with E-state index in [4.69, 9.17) is 21.1 Å². The van der Waals surface area contributed by atoms with Gasteiger partial charge < -0.3 is 19.7 Å². The van der Waals surface area contributed by atoms with Crippen LogP contribution in [0.25, 0.3) is 0 Å². The van der Waals surface area contributed by atoms with Gasteiger partial charge in [0, 0.05) is 30.3 Å². The lowest BCUT2D eigenvalue weighted by molar-refractivity contribution is 0.0987. The van der Waals surface area contributed by atoms with Crippen molar-refractivity contribution >= 4 is 29.0 Å². The highest BCUT2D eigenvalue weighted by atomic mass is 35.5. The molecule has 0 aliphatic rings. The Kier molecular flexibility index (Phi) is 9.24. The van der Waals surface area contributed by atoms with Gasteiger partial charge in [0.15, 0.2) is 11.5 Å². The van der Waals surface area contributed by atoms with Crippen LogP contribution in [0.5, 0.6) is 11.5 Å². The van der Waals surface area contributed by atoms with Crippen molar-refractivity contribution in [3.05, 3.63) is 53.1 Å². The van der Waals surface area contributed by atoms with Crippen LogP contribution < -0.4 is 14.8 Å². The van der Waals surface area contributed by atoms with Crippen LogP contribution in [0, 0.1) is 0 Å². The summed E-state index contributed by atoms with van der Waals surface area (Å²) in [6.07, 6.45) is 7.22. The number of aromatic nitrogens is 4. The number of benzene rings is 1. The van der Waals surface area contributed by atoms with Gasteiger partial charge in [-0.2, -0.15) is 5.10 Å². The van der Waals surface area contributed by atoms with E-state index in [-0.39, 0.29) is 12.4 Å². The summed E-state index contributed by atoms with van der Waals surface area (Å²) in [5, 5.41) is 7.93. The van der Waals surface area contributed by atoms with Crippen LogP contribution >= 0.6 is 11.6 Å². The molecule has 0 amide bonds. The number of anilines is 2. The standard InChI is InChI=1S/C24H31ClN6O3/c1-5-21(32)17-10-18(23(25)22(11-17)33-4)16-34-20-13-26-24(27-14-20)29-19-12-28-31(15-19)9-8-30(6-2)7-3/h10-15H,5-9,16H2,1-4H3,(H,26,27,29). The van der Waals surface area contributed by atoms with Crippen LogP contribution in [-0.4, -0.2) is 57.2 Å². The van der Waals surface area contributed by atoms with E-state index in [1.165, 1.54) is 7.11 Å². The Morgan fingerprint density at radius 3 is 2.53 bits per heavy atom. The largest absolute Gasteiger partial charge is 0.495 e. The van der Waals surface area contributed by atoms with Gasteiger partial charge in [-0.15, -0.1) is 0 Å². The van der Waals surface area contributed by atoms with Gasteiger partial charge in [0.25, 0.3) is 0 Å². The first kappa shape index (κ1) is 25.5. The zero-order valence-electron chi connectivity index (χ0n) is 20.0. The highest BCUT2D eigenvalue weighted by Crippen LogP contribution is 2.31. The maximum absolute atomic E-state index is 12.1. The number of methoxy groups -OCH3 is 1. The molecule has 1 aromatic carbocycles. The summed E-state index contributed by atoms with van der Waals surface area (Å²) in [5.41, 5.74) is 2.00. The summed E-state index contributed by atoms with van der Waals surface area (Å²) in [7, 11) is 1.51. The molecule has 182 valence electrons. The average molecular weight is 487 g/mol. The third-order valence-corrected chi connectivity index (χ3v) is 5.86.